The maximum Gasteiger partial charge on any atom is 0.269 e. The minimum Gasteiger partial charge on any atom is -0.481 e. The molecule has 0 saturated carbocycles. The number of halogens is 3. The van der Waals surface area contributed by atoms with Gasteiger partial charge in [0.15, 0.2) is 0 Å². The highest BCUT2D eigenvalue weighted by atomic mass is 19.3. The van der Waals surface area contributed by atoms with Crippen molar-refractivity contribution in [3.05, 3.63) is 23.1 Å². The van der Waals surface area contributed by atoms with Gasteiger partial charge in [-0.1, -0.05) is 0 Å². The molecule has 0 aromatic carbocycles. The topological polar surface area (TPSA) is 48.1 Å². The molecule has 2 N–H and O–H groups in total. The molecule has 0 bridgehead atoms. The van der Waals surface area contributed by atoms with Gasteiger partial charge in [0.2, 0.25) is 5.88 Å². The molecule has 0 radical (unpaired) electrons. The van der Waals surface area contributed by atoms with Crippen molar-refractivity contribution in [2.24, 2.45) is 5.73 Å². The van der Waals surface area contributed by atoms with Crippen LogP contribution in [0.15, 0.2) is 6.20 Å². The van der Waals surface area contributed by atoms with Gasteiger partial charge in [-0.3, -0.25) is 0 Å². The van der Waals surface area contributed by atoms with Gasteiger partial charge in [0.05, 0.1) is 18.9 Å². The first kappa shape index (κ1) is 10.8. The average molecular weight is 206 g/mol. The van der Waals surface area contributed by atoms with Gasteiger partial charge in [-0.25, -0.2) is 18.2 Å². The number of nitrogens with two attached hydrogens (primary N) is 1. The monoisotopic (exact) mass is 206 g/mol. The summed E-state index contributed by atoms with van der Waals surface area (Å²) in [5.74, 6) is -1.13. The Morgan fingerprint density at radius 2 is 2.21 bits per heavy atom. The van der Waals surface area contributed by atoms with E-state index in [0.717, 1.165) is 6.20 Å². The van der Waals surface area contributed by atoms with Crippen molar-refractivity contribution in [2.75, 3.05) is 7.11 Å². The lowest BCUT2D eigenvalue weighted by molar-refractivity contribution is 0.144. The van der Waals surface area contributed by atoms with Gasteiger partial charge in [-0.05, 0) is 0 Å². The first-order chi connectivity index (χ1) is 6.61. The molecular weight excluding hydrogens is 197 g/mol. The quantitative estimate of drug-likeness (QED) is 0.817. The molecular formula is C8H9F3N2O. The van der Waals surface area contributed by atoms with Gasteiger partial charge >= 0.3 is 0 Å². The van der Waals surface area contributed by atoms with E-state index >= 15 is 0 Å². The van der Waals surface area contributed by atoms with Crippen LogP contribution in [0.25, 0.3) is 0 Å². The zero-order valence-corrected chi connectivity index (χ0v) is 7.43. The van der Waals surface area contributed by atoms with Crippen molar-refractivity contribution in [1.82, 2.24) is 4.98 Å². The number of methoxy groups -OCH3 is 1. The lowest BCUT2D eigenvalue weighted by atomic mass is 10.1. The Labute approximate surface area is 78.7 Å². The lowest BCUT2D eigenvalue weighted by Gasteiger charge is -2.11. The largest absolute Gasteiger partial charge is 0.481 e. The molecule has 0 aliphatic carbocycles. The van der Waals surface area contributed by atoms with Gasteiger partial charge < -0.3 is 10.5 Å². The number of hydrogen-bond acceptors (Lipinski definition) is 3. The summed E-state index contributed by atoms with van der Waals surface area (Å²) in [7, 11) is 1.19. The minimum atomic E-state index is -2.85. The SMILES string of the molecule is COc1ncc(F)c(CN)c1C(F)F. The Hall–Kier alpha value is -1.30. The molecule has 14 heavy (non-hydrogen) atoms. The van der Waals surface area contributed by atoms with E-state index in [1.54, 1.807) is 0 Å². The van der Waals surface area contributed by atoms with Crippen LogP contribution in [0.1, 0.15) is 17.6 Å². The van der Waals surface area contributed by atoms with Crippen molar-refractivity contribution in [3.8, 4) is 5.88 Å². The van der Waals surface area contributed by atoms with Gasteiger partial charge in [0, 0.05) is 12.1 Å². The first-order valence-electron chi connectivity index (χ1n) is 3.81. The van der Waals surface area contributed by atoms with Gasteiger partial charge in [0.25, 0.3) is 6.43 Å². The van der Waals surface area contributed by atoms with Crippen LogP contribution in [0.3, 0.4) is 0 Å². The van der Waals surface area contributed by atoms with Crippen molar-refractivity contribution >= 4 is 0 Å². The van der Waals surface area contributed by atoms with Crippen LogP contribution in [-0.4, -0.2) is 12.1 Å². The standard InChI is InChI=1S/C8H9F3N2O/c1-14-8-6(7(10)11)4(2-12)5(9)3-13-8/h3,7H,2,12H2,1H3. The summed E-state index contributed by atoms with van der Waals surface area (Å²) < 4.78 is 42.6. The summed E-state index contributed by atoms with van der Waals surface area (Å²) in [5.41, 5.74) is 4.32. The van der Waals surface area contributed by atoms with Gasteiger partial charge in [-0.2, -0.15) is 0 Å². The molecule has 0 saturated heterocycles. The highest BCUT2D eigenvalue weighted by Crippen LogP contribution is 2.31. The smallest absolute Gasteiger partial charge is 0.269 e. The number of alkyl halides is 2. The molecule has 3 nitrogen and oxygen atoms in total. The summed E-state index contributed by atoms with van der Waals surface area (Å²) in [5, 5.41) is 0. The molecule has 1 rings (SSSR count). The van der Waals surface area contributed by atoms with Crippen LogP contribution >= 0.6 is 0 Å². The zero-order chi connectivity index (χ0) is 10.7. The molecule has 0 aliphatic heterocycles. The third kappa shape index (κ3) is 1.79. The van der Waals surface area contributed by atoms with Gasteiger partial charge in [0.1, 0.15) is 5.82 Å². The molecule has 0 unspecified atom stereocenters. The molecule has 1 heterocycles. The van der Waals surface area contributed by atoms with E-state index in [1.165, 1.54) is 7.11 Å². The number of aromatic nitrogens is 1. The molecule has 0 fully saturated rings. The number of rotatable bonds is 3. The van der Waals surface area contributed by atoms with E-state index in [9.17, 15) is 13.2 Å². The Kier molecular flexibility index (Phi) is 3.29. The predicted molar refractivity (Wildman–Crippen MR) is 43.6 cm³/mol. The highest BCUT2D eigenvalue weighted by molar-refractivity contribution is 5.36. The zero-order valence-electron chi connectivity index (χ0n) is 7.43. The number of pyridine rings is 1. The fourth-order valence-corrected chi connectivity index (χ4v) is 1.12. The van der Waals surface area contributed by atoms with Crippen LogP contribution in [0, 0.1) is 5.82 Å². The fraction of sp³-hybridized carbons (Fsp3) is 0.375. The minimum absolute atomic E-state index is 0.258. The molecule has 6 heteroatoms. The highest BCUT2D eigenvalue weighted by Gasteiger charge is 2.22. The maximum atomic E-state index is 13.0. The molecule has 0 aliphatic rings. The third-order valence-electron chi connectivity index (χ3n) is 1.75. The van der Waals surface area contributed by atoms with Crippen LogP contribution in [-0.2, 0) is 6.54 Å². The molecule has 0 amide bonds. The summed E-state index contributed by atoms with van der Waals surface area (Å²) in [6.45, 7) is -0.315. The van der Waals surface area contributed by atoms with E-state index in [2.05, 4.69) is 9.72 Å². The Balaban J connectivity index is 3.36. The summed E-state index contributed by atoms with van der Waals surface area (Å²) in [6.07, 6.45) is -2.04. The molecule has 0 spiro atoms. The van der Waals surface area contributed by atoms with E-state index in [1.807, 2.05) is 0 Å². The molecule has 1 aromatic rings. The average Bonchev–Trinajstić information content (AvgIpc) is 2.17. The maximum absolute atomic E-state index is 13.0. The van der Waals surface area contributed by atoms with Crippen LogP contribution in [0.2, 0.25) is 0 Å². The Bertz CT molecular complexity index is 331. The van der Waals surface area contributed by atoms with E-state index in [0.29, 0.717) is 0 Å². The van der Waals surface area contributed by atoms with Crippen molar-refractivity contribution in [2.45, 2.75) is 13.0 Å². The second kappa shape index (κ2) is 4.28. The van der Waals surface area contributed by atoms with Crippen LogP contribution in [0.4, 0.5) is 13.2 Å². The normalized spacial score (nSPS) is 10.7. The number of ether oxygens (including phenoxy) is 1. The molecule has 1 aromatic heterocycles. The van der Waals surface area contributed by atoms with Crippen LogP contribution < -0.4 is 10.5 Å². The number of nitrogens with zero attached hydrogens (tertiary/aromatic N) is 1. The van der Waals surface area contributed by atoms with Crippen molar-refractivity contribution in [1.29, 1.82) is 0 Å². The van der Waals surface area contributed by atoms with E-state index < -0.39 is 17.8 Å². The molecule has 78 valence electrons. The summed E-state index contributed by atoms with van der Waals surface area (Å²) in [6, 6.07) is 0. The van der Waals surface area contributed by atoms with E-state index in [-0.39, 0.29) is 18.0 Å². The van der Waals surface area contributed by atoms with Crippen molar-refractivity contribution < 1.29 is 17.9 Å². The van der Waals surface area contributed by atoms with Crippen molar-refractivity contribution in [3.63, 3.8) is 0 Å². The van der Waals surface area contributed by atoms with E-state index in [4.69, 9.17) is 5.73 Å². The second-order valence-corrected chi connectivity index (χ2v) is 2.51. The Morgan fingerprint density at radius 1 is 1.57 bits per heavy atom. The van der Waals surface area contributed by atoms with Crippen LogP contribution in [0.5, 0.6) is 5.88 Å². The summed E-state index contributed by atoms with van der Waals surface area (Å²) >= 11 is 0. The molecule has 0 atom stereocenters. The number of hydrogen-bond donors (Lipinski definition) is 1. The second-order valence-electron chi connectivity index (χ2n) is 2.51. The first-order valence-corrected chi connectivity index (χ1v) is 3.81. The predicted octanol–water partition coefficient (Wildman–Crippen LogP) is 1.63. The third-order valence-corrected chi connectivity index (χ3v) is 1.75. The Morgan fingerprint density at radius 3 is 2.64 bits per heavy atom. The van der Waals surface area contributed by atoms with Gasteiger partial charge in [-0.15, -0.1) is 0 Å². The summed E-state index contributed by atoms with van der Waals surface area (Å²) in [4.78, 5) is 3.39. The fourth-order valence-electron chi connectivity index (χ4n) is 1.12. The lowest BCUT2D eigenvalue weighted by Crippen LogP contribution is -2.08.